The Kier molecular flexibility index (Phi) is 4.02. The third kappa shape index (κ3) is 2.65. The summed E-state index contributed by atoms with van der Waals surface area (Å²) in [7, 11) is 0. The molecule has 0 spiro atoms. The second-order valence-corrected chi connectivity index (χ2v) is 8.33. The number of nitrogens with one attached hydrogen (secondary N) is 1. The highest BCUT2D eigenvalue weighted by Gasteiger charge is 2.45. The highest BCUT2D eigenvalue weighted by atomic mass is 16.3. The molecule has 138 valence electrons. The number of H-pyrrole nitrogens is 1. The summed E-state index contributed by atoms with van der Waals surface area (Å²) >= 11 is 0. The molecular weight excluding hydrogens is 326 g/mol. The molecule has 1 aromatic heterocycles. The fourth-order valence-corrected chi connectivity index (χ4v) is 5.46. The fourth-order valence-electron chi connectivity index (χ4n) is 5.46. The Hall–Kier alpha value is -1.85. The van der Waals surface area contributed by atoms with E-state index >= 15 is 0 Å². The zero-order valence-electron chi connectivity index (χ0n) is 15.1. The number of hydrogen-bond donors (Lipinski definition) is 2. The van der Waals surface area contributed by atoms with E-state index < -0.39 is 0 Å². The lowest BCUT2D eigenvalue weighted by Gasteiger charge is -2.40. The van der Waals surface area contributed by atoms with Crippen LogP contribution in [0.2, 0.25) is 0 Å². The second-order valence-electron chi connectivity index (χ2n) is 8.33. The van der Waals surface area contributed by atoms with Crippen LogP contribution in [0.25, 0.3) is 10.9 Å². The van der Waals surface area contributed by atoms with Crippen molar-refractivity contribution in [3.8, 4) is 0 Å². The molecule has 5 nitrogen and oxygen atoms in total. The van der Waals surface area contributed by atoms with E-state index in [1.54, 1.807) is 0 Å². The molecule has 0 radical (unpaired) electrons. The van der Waals surface area contributed by atoms with Crippen molar-refractivity contribution in [3.63, 3.8) is 0 Å². The number of carbonyl (C=O) groups excluding carboxylic acids is 1. The van der Waals surface area contributed by atoms with E-state index in [0.717, 1.165) is 55.5 Å². The highest BCUT2D eigenvalue weighted by Crippen LogP contribution is 2.39. The Labute approximate surface area is 154 Å². The molecule has 4 atom stereocenters. The quantitative estimate of drug-likeness (QED) is 0.872. The van der Waals surface area contributed by atoms with E-state index in [-0.39, 0.29) is 12.0 Å². The summed E-state index contributed by atoms with van der Waals surface area (Å²) in [5.74, 6) is 1.10. The predicted octanol–water partition coefficient (Wildman–Crippen LogP) is 2.48. The number of benzene rings is 1. The third-order valence-corrected chi connectivity index (χ3v) is 6.83. The van der Waals surface area contributed by atoms with Gasteiger partial charge >= 0.3 is 0 Å². The summed E-state index contributed by atoms with van der Waals surface area (Å²) in [6.45, 7) is 3.86. The summed E-state index contributed by atoms with van der Waals surface area (Å²) in [5.41, 5.74) is 1.79. The van der Waals surface area contributed by atoms with Crippen molar-refractivity contribution >= 4 is 16.8 Å². The van der Waals surface area contributed by atoms with Crippen LogP contribution in [0.15, 0.2) is 30.5 Å². The van der Waals surface area contributed by atoms with Gasteiger partial charge < -0.3 is 15.0 Å². The van der Waals surface area contributed by atoms with Crippen LogP contribution < -0.4 is 0 Å². The van der Waals surface area contributed by atoms with E-state index in [2.05, 4.69) is 9.88 Å². The first kappa shape index (κ1) is 16.3. The van der Waals surface area contributed by atoms with Crippen LogP contribution in [0.4, 0.5) is 0 Å². The molecule has 1 aliphatic carbocycles. The smallest absolute Gasteiger partial charge is 0.256 e. The van der Waals surface area contributed by atoms with E-state index in [1.807, 2.05) is 35.4 Å². The Morgan fingerprint density at radius 1 is 1.08 bits per heavy atom. The average molecular weight is 353 g/mol. The number of para-hydroxylation sites is 1. The molecule has 5 rings (SSSR count). The highest BCUT2D eigenvalue weighted by molar-refractivity contribution is 6.06. The normalized spacial score (nSPS) is 32.3. The molecule has 3 fully saturated rings. The molecule has 2 N–H and O–H groups in total. The second kappa shape index (κ2) is 6.39. The van der Waals surface area contributed by atoms with Gasteiger partial charge in [-0.15, -0.1) is 0 Å². The molecule has 0 unspecified atom stereocenters. The van der Waals surface area contributed by atoms with Crippen molar-refractivity contribution in [1.29, 1.82) is 0 Å². The molecule has 3 heterocycles. The number of aromatic amines is 1. The molecular formula is C21H27N3O2. The van der Waals surface area contributed by atoms with Crippen LogP contribution in [0.5, 0.6) is 0 Å². The summed E-state index contributed by atoms with van der Waals surface area (Å²) in [4.78, 5) is 20.8. The Balaban J connectivity index is 1.33. The lowest BCUT2D eigenvalue weighted by Crippen LogP contribution is -2.48. The number of aromatic nitrogens is 1. The molecule has 3 aliphatic rings. The van der Waals surface area contributed by atoms with Gasteiger partial charge in [0, 0.05) is 36.2 Å². The van der Waals surface area contributed by atoms with Crippen molar-refractivity contribution in [1.82, 2.24) is 14.8 Å². The summed E-state index contributed by atoms with van der Waals surface area (Å²) in [6.07, 6.45) is 5.98. The minimum atomic E-state index is -0.238. The standard InChI is InChI=1S/C21H27N3O2/c25-20-10-15-13-24(12-14(15)9-19(20)23-7-3-4-8-23)21(26)17-11-22-18-6-2-1-5-16(17)18/h1-2,5-6,11,14-15,19-20,22,25H,3-4,7-10,12-13H2/t14-,15+,19-,20-/m1/s1. The Morgan fingerprint density at radius 3 is 2.62 bits per heavy atom. The van der Waals surface area contributed by atoms with Gasteiger partial charge in [0.25, 0.3) is 5.91 Å². The van der Waals surface area contributed by atoms with Gasteiger partial charge in [0.15, 0.2) is 0 Å². The molecule has 2 aromatic rings. The molecule has 2 saturated heterocycles. The third-order valence-electron chi connectivity index (χ3n) is 6.83. The minimum Gasteiger partial charge on any atom is -0.391 e. The molecule has 5 heteroatoms. The largest absolute Gasteiger partial charge is 0.391 e. The maximum absolute atomic E-state index is 13.1. The molecule has 26 heavy (non-hydrogen) atoms. The zero-order valence-corrected chi connectivity index (χ0v) is 15.1. The topological polar surface area (TPSA) is 59.6 Å². The fraction of sp³-hybridized carbons (Fsp3) is 0.571. The van der Waals surface area contributed by atoms with Gasteiger partial charge in [-0.2, -0.15) is 0 Å². The van der Waals surface area contributed by atoms with Crippen LogP contribution in [-0.4, -0.2) is 64.1 Å². The monoisotopic (exact) mass is 353 g/mol. The van der Waals surface area contributed by atoms with Crippen molar-refractivity contribution in [2.45, 2.75) is 37.8 Å². The van der Waals surface area contributed by atoms with E-state index in [1.165, 1.54) is 12.8 Å². The van der Waals surface area contributed by atoms with Crippen LogP contribution >= 0.6 is 0 Å². The SMILES string of the molecule is O=C(c1c[nH]c2ccccc12)N1C[C@H]2C[C@@H](N3CCCC3)[C@H](O)C[C@H]2C1. The maximum Gasteiger partial charge on any atom is 0.256 e. The van der Waals surface area contributed by atoms with Gasteiger partial charge in [-0.05, 0) is 56.7 Å². The number of nitrogens with zero attached hydrogens (tertiary/aromatic N) is 2. The van der Waals surface area contributed by atoms with Gasteiger partial charge in [0.05, 0.1) is 11.7 Å². The van der Waals surface area contributed by atoms with Gasteiger partial charge in [-0.3, -0.25) is 9.69 Å². The van der Waals surface area contributed by atoms with E-state index in [4.69, 9.17) is 0 Å². The molecule has 1 aromatic carbocycles. The summed E-state index contributed by atoms with van der Waals surface area (Å²) < 4.78 is 0. The molecule has 1 amide bonds. The number of carbonyl (C=O) groups is 1. The number of fused-ring (bicyclic) bond motifs is 2. The van der Waals surface area contributed by atoms with Crippen LogP contribution in [0.3, 0.4) is 0 Å². The van der Waals surface area contributed by atoms with Crippen LogP contribution in [-0.2, 0) is 0 Å². The van der Waals surface area contributed by atoms with E-state index in [9.17, 15) is 9.90 Å². The van der Waals surface area contributed by atoms with Gasteiger partial charge in [-0.25, -0.2) is 0 Å². The Morgan fingerprint density at radius 2 is 1.81 bits per heavy atom. The number of rotatable bonds is 2. The van der Waals surface area contributed by atoms with Crippen molar-refractivity contribution in [2.24, 2.45) is 11.8 Å². The number of aliphatic hydroxyl groups is 1. The number of likely N-dealkylation sites (tertiary alicyclic amines) is 2. The lowest BCUT2D eigenvalue weighted by molar-refractivity contribution is -0.000864. The lowest BCUT2D eigenvalue weighted by atomic mass is 9.77. The van der Waals surface area contributed by atoms with Gasteiger partial charge in [0.1, 0.15) is 0 Å². The Bertz CT molecular complexity index is 810. The van der Waals surface area contributed by atoms with E-state index in [0.29, 0.717) is 17.9 Å². The zero-order chi connectivity index (χ0) is 17.7. The summed E-state index contributed by atoms with van der Waals surface area (Å²) in [6, 6.07) is 8.27. The first-order valence-electron chi connectivity index (χ1n) is 9.98. The van der Waals surface area contributed by atoms with Crippen LogP contribution in [0.1, 0.15) is 36.0 Å². The number of hydrogen-bond acceptors (Lipinski definition) is 3. The average Bonchev–Trinajstić information content (AvgIpc) is 3.39. The van der Waals surface area contributed by atoms with Gasteiger partial charge in [0.2, 0.25) is 0 Å². The van der Waals surface area contributed by atoms with Gasteiger partial charge in [-0.1, -0.05) is 18.2 Å². The molecule has 1 saturated carbocycles. The number of amides is 1. The molecule has 0 bridgehead atoms. The van der Waals surface area contributed by atoms with Crippen molar-refractivity contribution in [3.05, 3.63) is 36.0 Å². The molecule has 2 aliphatic heterocycles. The first-order chi connectivity index (χ1) is 12.7. The minimum absolute atomic E-state index is 0.129. The van der Waals surface area contributed by atoms with Crippen molar-refractivity contribution in [2.75, 3.05) is 26.2 Å². The van der Waals surface area contributed by atoms with Crippen LogP contribution in [0, 0.1) is 11.8 Å². The van der Waals surface area contributed by atoms with Crippen molar-refractivity contribution < 1.29 is 9.90 Å². The first-order valence-corrected chi connectivity index (χ1v) is 9.98. The number of aliphatic hydroxyl groups excluding tert-OH is 1. The maximum atomic E-state index is 13.1. The summed E-state index contributed by atoms with van der Waals surface area (Å²) in [5, 5.41) is 11.7. The predicted molar refractivity (Wildman–Crippen MR) is 101 cm³/mol.